The number of hydrogen-bond donors (Lipinski definition) is 1. The molecule has 1 aliphatic rings. The second kappa shape index (κ2) is 7.74. The summed E-state index contributed by atoms with van der Waals surface area (Å²) in [5.41, 5.74) is 0.852. The van der Waals surface area contributed by atoms with E-state index in [1.807, 2.05) is 0 Å². The van der Waals surface area contributed by atoms with Gasteiger partial charge < -0.3 is 9.47 Å². The number of nitrogens with zero attached hydrogens (tertiary/aromatic N) is 1. The van der Waals surface area contributed by atoms with E-state index >= 15 is 0 Å². The van der Waals surface area contributed by atoms with Crippen molar-refractivity contribution in [1.82, 2.24) is 9.71 Å². The van der Waals surface area contributed by atoms with Crippen LogP contribution in [0.1, 0.15) is 18.4 Å². The predicted octanol–water partition coefficient (Wildman–Crippen LogP) is 2.12. The maximum atomic E-state index is 12.3. The molecule has 1 fully saturated rings. The number of aromatic nitrogens is 1. The van der Waals surface area contributed by atoms with Crippen LogP contribution in [0.2, 0.25) is 0 Å². The van der Waals surface area contributed by atoms with Crippen LogP contribution in [0.15, 0.2) is 53.7 Å². The first-order valence-electron chi connectivity index (χ1n) is 7.86. The molecule has 1 N–H and O–H groups in total. The van der Waals surface area contributed by atoms with E-state index in [1.165, 1.54) is 0 Å². The topological polar surface area (TPSA) is 77.5 Å². The number of nitrogens with one attached hydrogen (secondary N) is 1. The monoisotopic (exact) mass is 348 g/mol. The molecule has 7 heteroatoms. The molecule has 0 amide bonds. The van der Waals surface area contributed by atoms with Gasteiger partial charge in [-0.3, -0.25) is 4.98 Å². The van der Waals surface area contributed by atoms with Crippen molar-refractivity contribution in [2.45, 2.75) is 30.4 Å². The first kappa shape index (κ1) is 16.9. The van der Waals surface area contributed by atoms with Crippen LogP contribution < -0.4 is 9.46 Å². The molecule has 0 saturated carbocycles. The molecule has 2 aromatic rings. The van der Waals surface area contributed by atoms with E-state index in [4.69, 9.17) is 9.47 Å². The summed E-state index contributed by atoms with van der Waals surface area (Å²) in [6, 6.07) is 9.94. The largest absolute Gasteiger partial charge is 0.491 e. The Morgan fingerprint density at radius 3 is 2.58 bits per heavy atom. The summed E-state index contributed by atoms with van der Waals surface area (Å²) >= 11 is 0. The fraction of sp³-hybridized carbons (Fsp3) is 0.353. The van der Waals surface area contributed by atoms with E-state index in [0.717, 1.165) is 25.0 Å². The molecule has 1 unspecified atom stereocenters. The SMILES string of the molecule is O=S(=O)(NCc1ccncc1)c1ccc(OCC2CCCO2)cc1. The zero-order valence-corrected chi connectivity index (χ0v) is 14.0. The molecule has 1 saturated heterocycles. The first-order valence-corrected chi connectivity index (χ1v) is 9.35. The van der Waals surface area contributed by atoms with Gasteiger partial charge in [-0.25, -0.2) is 13.1 Å². The number of pyridine rings is 1. The number of hydrogen-bond acceptors (Lipinski definition) is 5. The molecule has 2 heterocycles. The molecule has 0 bridgehead atoms. The van der Waals surface area contributed by atoms with Crippen molar-refractivity contribution in [3.05, 3.63) is 54.4 Å². The van der Waals surface area contributed by atoms with Gasteiger partial charge in [-0.15, -0.1) is 0 Å². The lowest BCUT2D eigenvalue weighted by Crippen LogP contribution is -2.23. The number of benzene rings is 1. The van der Waals surface area contributed by atoms with E-state index in [-0.39, 0.29) is 17.5 Å². The van der Waals surface area contributed by atoms with Crippen molar-refractivity contribution >= 4 is 10.0 Å². The van der Waals surface area contributed by atoms with Gasteiger partial charge in [-0.1, -0.05) is 0 Å². The lowest BCUT2D eigenvalue weighted by molar-refractivity contribution is 0.0679. The highest BCUT2D eigenvalue weighted by Crippen LogP contribution is 2.18. The van der Waals surface area contributed by atoms with Crippen molar-refractivity contribution in [3.63, 3.8) is 0 Å². The first-order chi connectivity index (χ1) is 11.6. The third-order valence-corrected chi connectivity index (χ3v) is 5.23. The van der Waals surface area contributed by atoms with Gasteiger partial charge in [0.2, 0.25) is 10.0 Å². The van der Waals surface area contributed by atoms with Crippen LogP contribution in [-0.2, 0) is 21.3 Å². The molecular weight excluding hydrogens is 328 g/mol. The maximum Gasteiger partial charge on any atom is 0.240 e. The molecule has 1 aromatic carbocycles. The minimum absolute atomic E-state index is 0.135. The predicted molar refractivity (Wildman–Crippen MR) is 89.2 cm³/mol. The zero-order chi connectivity index (χ0) is 16.8. The Balaban J connectivity index is 1.57. The third-order valence-electron chi connectivity index (χ3n) is 3.81. The molecule has 128 valence electrons. The van der Waals surface area contributed by atoms with E-state index in [9.17, 15) is 8.42 Å². The molecule has 0 spiro atoms. The molecule has 6 nitrogen and oxygen atoms in total. The van der Waals surface area contributed by atoms with Gasteiger partial charge in [-0.2, -0.15) is 0 Å². The van der Waals surface area contributed by atoms with Crippen LogP contribution in [-0.4, -0.2) is 32.7 Å². The average molecular weight is 348 g/mol. The van der Waals surface area contributed by atoms with Crippen molar-refractivity contribution in [2.24, 2.45) is 0 Å². The second-order valence-electron chi connectivity index (χ2n) is 5.60. The quantitative estimate of drug-likeness (QED) is 0.829. The van der Waals surface area contributed by atoms with Gasteiger partial charge in [0.15, 0.2) is 0 Å². The average Bonchev–Trinajstić information content (AvgIpc) is 3.13. The fourth-order valence-corrected chi connectivity index (χ4v) is 3.46. The van der Waals surface area contributed by atoms with Gasteiger partial charge in [0.05, 0.1) is 11.0 Å². The molecular formula is C17H20N2O4S. The molecule has 1 aliphatic heterocycles. The summed E-state index contributed by atoms with van der Waals surface area (Å²) in [4.78, 5) is 4.11. The smallest absolute Gasteiger partial charge is 0.240 e. The van der Waals surface area contributed by atoms with Crippen LogP contribution in [0.4, 0.5) is 0 Å². The minimum atomic E-state index is -3.56. The Labute approximate surface area is 141 Å². The van der Waals surface area contributed by atoms with Gasteiger partial charge in [0.25, 0.3) is 0 Å². The highest BCUT2D eigenvalue weighted by atomic mass is 32.2. The Bertz CT molecular complexity index is 742. The zero-order valence-electron chi connectivity index (χ0n) is 13.2. The second-order valence-corrected chi connectivity index (χ2v) is 7.36. The van der Waals surface area contributed by atoms with E-state index in [0.29, 0.717) is 12.4 Å². The number of sulfonamides is 1. The molecule has 0 radical (unpaired) electrons. The van der Waals surface area contributed by atoms with E-state index < -0.39 is 10.0 Å². The summed E-state index contributed by atoms with van der Waals surface area (Å²) in [5, 5.41) is 0. The van der Waals surface area contributed by atoms with E-state index in [2.05, 4.69) is 9.71 Å². The van der Waals surface area contributed by atoms with Crippen molar-refractivity contribution in [1.29, 1.82) is 0 Å². The van der Waals surface area contributed by atoms with Gasteiger partial charge in [-0.05, 0) is 54.8 Å². The third kappa shape index (κ3) is 4.53. The Morgan fingerprint density at radius 1 is 1.17 bits per heavy atom. The number of rotatable bonds is 7. The summed E-state index contributed by atoms with van der Waals surface area (Å²) in [6.45, 7) is 1.50. The van der Waals surface area contributed by atoms with Gasteiger partial charge in [0.1, 0.15) is 12.4 Å². The summed E-state index contributed by atoms with van der Waals surface area (Å²) < 4.78 is 38.3. The van der Waals surface area contributed by atoms with Crippen LogP contribution in [0.5, 0.6) is 5.75 Å². The molecule has 3 rings (SSSR count). The molecule has 1 aromatic heterocycles. The van der Waals surface area contributed by atoms with Crippen LogP contribution in [0.25, 0.3) is 0 Å². The lowest BCUT2D eigenvalue weighted by atomic mass is 10.2. The van der Waals surface area contributed by atoms with Crippen LogP contribution >= 0.6 is 0 Å². The van der Waals surface area contributed by atoms with Crippen molar-refractivity contribution in [3.8, 4) is 5.75 Å². The minimum Gasteiger partial charge on any atom is -0.491 e. The Hall–Kier alpha value is -1.96. The summed E-state index contributed by atoms with van der Waals surface area (Å²) in [7, 11) is -3.56. The van der Waals surface area contributed by atoms with Crippen molar-refractivity contribution < 1.29 is 17.9 Å². The highest BCUT2D eigenvalue weighted by Gasteiger charge is 2.17. The summed E-state index contributed by atoms with van der Waals surface area (Å²) in [6.07, 6.45) is 5.46. The fourth-order valence-electron chi connectivity index (χ4n) is 2.44. The number of ether oxygens (including phenoxy) is 2. The van der Waals surface area contributed by atoms with Gasteiger partial charge in [0, 0.05) is 25.5 Å². The lowest BCUT2D eigenvalue weighted by Gasteiger charge is -2.12. The summed E-state index contributed by atoms with van der Waals surface area (Å²) in [5.74, 6) is 0.638. The maximum absolute atomic E-state index is 12.3. The van der Waals surface area contributed by atoms with Gasteiger partial charge >= 0.3 is 0 Å². The molecule has 24 heavy (non-hydrogen) atoms. The van der Waals surface area contributed by atoms with Crippen LogP contribution in [0, 0.1) is 0 Å². The normalized spacial score (nSPS) is 17.8. The Kier molecular flexibility index (Phi) is 5.44. The standard InChI is InChI=1S/C17H20N2O4S/c20-24(21,19-12-14-7-9-18-10-8-14)17-5-3-15(4-6-17)23-13-16-2-1-11-22-16/h3-10,16,19H,1-2,11-13H2. The Morgan fingerprint density at radius 2 is 1.92 bits per heavy atom. The molecule has 1 atom stereocenters. The van der Waals surface area contributed by atoms with Crippen LogP contribution in [0.3, 0.4) is 0 Å². The molecule has 0 aliphatic carbocycles. The van der Waals surface area contributed by atoms with Crippen molar-refractivity contribution in [2.75, 3.05) is 13.2 Å². The highest BCUT2D eigenvalue weighted by molar-refractivity contribution is 7.89. The van der Waals surface area contributed by atoms with E-state index in [1.54, 1.807) is 48.8 Å².